The highest BCUT2D eigenvalue weighted by Crippen LogP contribution is 2.24. The number of hydrogen-bond acceptors (Lipinski definition) is 3. The van der Waals surface area contributed by atoms with Gasteiger partial charge in [-0.3, -0.25) is 9.59 Å². The molecule has 6 heteroatoms. The second-order valence-corrected chi connectivity index (χ2v) is 4.71. The average molecular weight is 281 g/mol. The van der Waals surface area contributed by atoms with Crippen LogP contribution in [0.4, 0.5) is 0 Å². The van der Waals surface area contributed by atoms with E-state index >= 15 is 0 Å². The lowest BCUT2D eigenvalue weighted by Gasteiger charge is -2.14. The number of benzene rings is 1. The minimum Gasteiger partial charge on any atom is -0.394 e. The minimum absolute atomic E-state index is 0.139. The molecule has 19 heavy (non-hydrogen) atoms. The highest BCUT2D eigenvalue weighted by Gasteiger charge is 2.15. The summed E-state index contributed by atoms with van der Waals surface area (Å²) in [4.78, 5) is 23.7. The van der Waals surface area contributed by atoms with E-state index in [0.717, 1.165) is 0 Å². The molecule has 3 N–H and O–H groups in total. The third-order valence-corrected chi connectivity index (χ3v) is 3.36. The van der Waals surface area contributed by atoms with Gasteiger partial charge in [0, 0.05) is 17.0 Å². The van der Waals surface area contributed by atoms with Crippen molar-refractivity contribution in [1.82, 2.24) is 4.57 Å². The molecule has 0 unspecified atom stereocenters. The third-order valence-electron chi connectivity index (χ3n) is 3.05. The van der Waals surface area contributed by atoms with Gasteiger partial charge in [0.15, 0.2) is 0 Å². The molecule has 0 spiro atoms. The molecule has 1 atom stereocenters. The highest BCUT2D eigenvalue weighted by molar-refractivity contribution is 6.35. The van der Waals surface area contributed by atoms with Gasteiger partial charge in [0.1, 0.15) is 0 Å². The molecule has 1 heterocycles. The second kappa shape index (κ2) is 5.03. The van der Waals surface area contributed by atoms with Crippen LogP contribution in [-0.2, 0) is 0 Å². The van der Waals surface area contributed by atoms with Gasteiger partial charge in [-0.05, 0) is 25.1 Å². The van der Waals surface area contributed by atoms with Crippen LogP contribution in [-0.4, -0.2) is 22.2 Å². The Labute approximate surface area is 114 Å². The molecule has 0 fully saturated rings. The first kappa shape index (κ1) is 13.6. The summed E-state index contributed by atoms with van der Waals surface area (Å²) < 4.78 is 1.40. The lowest BCUT2D eigenvalue weighted by atomic mass is 10.1. The van der Waals surface area contributed by atoms with Gasteiger partial charge in [-0.25, -0.2) is 0 Å². The fourth-order valence-electron chi connectivity index (χ4n) is 2.00. The predicted octanol–water partition coefficient (Wildman–Crippen LogP) is 1.31. The van der Waals surface area contributed by atoms with E-state index < -0.39 is 5.91 Å². The van der Waals surface area contributed by atoms with E-state index in [0.29, 0.717) is 10.8 Å². The Morgan fingerprint density at radius 1 is 1.42 bits per heavy atom. The third kappa shape index (κ3) is 2.22. The zero-order valence-electron chi connectivity index (χ0n) is 10.3. The molecule has 100 valence electrons. The summed E-state index contributed by atoms with van der Waals surface area (Å²) in [5.74, 6) is -0.678. The van der Waals surface area contributed by atoms with Gasteiger partial charge in [-0.15, -0.1) is 0 Å². The summed E-state index contributed by atoms with van der Waals surface area (Å²) in [7, 11) is 0. The molecule has 0 saturated carbocycles. The number of halogens is 1. The van der Waals surface area contributed by atoms with Crippen molar-refractivity contribution in [3.8, 4) is 0 Å². The quantitative estimate of drug-likeness (QED) is 0.889. The fourth-order valence-corrected chi connectivity index (χ4v) is 2.26. The van der Waals surface area contributed by atoms with E-state index in [1.165, 1.54) is 16.8 Å². The largest absolute Gasteiger partial charge is 0.394 e. The van der Waals surface area contributed by atoms with Crippen LogP contribution in [0.2, 0.25) is 5.02 Å². The molecule has 2 aromatic rings. The molecule has 0 aliphatic heterocycles. The number of rotatable bonds is 3. The van der Waals surface area contributed by atoms with E-state index in [1.54, 1.807) is 19.1 Å². The van der Waals surface area contributed by atoms with Crippen molar-refractivity contribution in [2.24, 2.45) is 5.73 Å². The van der Waals surface area contributed by atoms with Crippen LogP contribution in [0.5, 0.6) is 0 Å². The molecular weight excluding hydrogens is 268 g/mol. The van der Waals surface area contributed by atoms with Gasteiger partial charge in [-0.1, -0.05) is 11.6 Å². The zero-order valence-corrected chi connectivity index (χ0v) is 11.0. The maximum Gasteiger partial charge on any atom is 0.258 e. The van der Waals surface area contributed by atoms with Crippen molar-refractivity contribution < 1.29 is 9.90 Å². The maximum absolute atomic E-state index is 12.3. The summed E-state index contributed by atoms with van der Waals surface area (Å²) in [6, 6.07) is 4.28. The molecule has 0 saturated heterocycles. The Morgan fingerprint density at radius 2 is 2.11 bits per heavy atom. The topological polar surface area (TPSA) is 85.3 Å². The normalized spacial score (nSPS) is 12.6. The standard InChI is InChI=1S/C13H13ClN2O3/c1-7(6-17)16-5-4-8-9(13(16)19)2-3-10(14)11(8)12(15)18/h2-5,7,17H,6H2,1H3,(H2,15,18)/t7-/m1/s1. The zero-order chi connectivity index (χ0) is 14.2. The number of aromatic nitrogens is 1. The van der Waals surface area contributed by atoms with Crippen LogP contribution in [0.15, 0.2) is 29.2 Å². The molecule has 0 radical (unpaired) electrons. The van der Waals surface area contributed by atoms with Crippen LogP contribution in [0.1, 0.15) is 23.3 Å². The number of nitrogens with zero attached hydrogens (tertiary/aromatic N) is 1. The Balaban J connectivity index is 2.83. The van der Waals surface area contributed by atoms with Gasteiger partial charge in [0.2, 0.25) is 0 Å². The van der Waals surface area contributed by atoms with Crippen LogP contribution in [0, 0.1) is 0 Å². The summed E-state index contributed by atoms with van der Waals surface area (Å²) in [5.41, 5.74) is 5.13. The van der Waals surface area contributed by atoms with Crippen LogP contribution >= 0.6 is 11.6 Å². The molecule has 0 aliphatic carbocycles. The number of carbonyl (C=O) groups is 1. The highest BCUT2D eigenvalue weighted by atomic mass is 35.5. The van der Waals surface area contributed by atoms with Gasteiger partial charge < -0.3 is 15.4 Å². The van der Waals surface area contributed by atoms with Crippen molar-refractivity contribution in [2.45, 2.75) is 13.0 Å². The summed E-state index contributed by atoms with van der Waals surface area (Å²) in [5, 5.41) is 10.1. The second-order valence-electron chi connectivity index (χ2n) is 4.31. The first-order valence-electron chi connectivity index (χ1n) is 5.71. The number of fused-ring (bicyclic) bond motifs is 1. The molecular formula is C13H13ClN2O3. The smallest absolute Gasteiger partial charge is 0.258 e. The summed E-state index contributed by atoms with van der Waals surface area (Å²) in [6.45, 7) is 1.57. The van der Waals surface area contributed by atoms with Gasteiger partial charge in [-0.2, -0.15) is 0 Å². The molecule has 2 rings (SSSR count). The average Bonchev–Trinajstić information content (AvgIpc) is 2.37. The van der Waals surface area contributed by atoms with Gasteiger partial charge in [0.05, 0.1) is 23.2 Å². The molecule has 1 aromatic carbocycles. The van der Waals surface area contributed by atoms with E-state index in [-0.39, 0.29) is 28.8 Å². The van der Waals surface area contributed by atoms with Crippen molar-refractivity contribution in [3.63, 3.8) is 0 Å². The van der Waals surface area contributed by atoms with Crippen LogP contribution in [0.3, 0.4) is 0 Å². The Morgan fingerprint density at radius 3 is 2.68 bits per heavy atom. The number of hydrogen-bond donors (Lipinski definition) is 2. The van der Waals surface area contributed by atoms with E-state index in [9.17, 15) is 9.59 Å². The molecule has 5 nitrogen and oxygen atoms in total. The number of pyridine rings is 1. The van der Waals surface area contributed by atoms with Crippen molar-refractivity contribution >= 4 is 28.3 Å². The van der Waals surface area contributed by atoms with E-state index in [4.69, 9.17) is 22.4 Å². The lowest BCUT2D eigenvalue weighted by Crippen LogP contribution is -2.25. The Hall–Kier alpha value is -1.85. The molecule has 1 aromatic heterocycles. The molecule has 0 bridgehead atoms. The Kier molecular flexibility index (Phi) is 3.59. The summed E-state index contributed by atoms with van der Waals surface area (Å²) in [6.07, 6.45) is 1.52. The first-order valence-corrected chi connectivity index (χ1v) is 6.09. The number of primary amides is 1. The van der Waals surface area contributed by atoms with E-state index in [2.05, 4.69) is 0 Å². The molecule has 0 aliphatic rings. The van der Waals surface area contributed by atoms with E-state index in [1.807, 2.05) is 0 Å². The summed E-state index contributed by atoms with van der Waals surface area (Å²) >= 11 is 5.93. The molecule has 1 amide bonds. The Bertz CT molecular complexity index is 709. The van der Waals surface area contributed by atoms with Crippen molar-refractivity contribution in [2.75, 3.05) is 6.61 Å². The minimum atomic E-state index is -0.678. The number of nitrogens with two attached hydrogens (primary N) is 1. The van der Waals surface area contributed by atoms with Crippen LogP contribution < -0.4 is 11.3 Å². The number of aliphatic hydroxyl groups excluding tert-OH is 1. The van der Waals surface area contributed by atoms with Gasteiger partial charge >= 0.3 is 0 Å². The number of carbonyl (C=O) groups excluding carboxylic acids is 1. The van der Waals surface area contributed by atoms with Crippen molar-refractivity contribution in [3.05, 3.63) is 45.3 Å². The maximum atomic E-state index is 12.3. The predicted molar refractivity (Wildman–Crippen MR) is 73.5 cm³/mol. The fraction of sp³-hybridized carbons (Fsp3) is 0.231. The van der Waals surface area contributed by atoms with Crippen molar-refractivity contribution in [1.29, 1.82) is 0 Å². The van der Waals surface area contributed by atoms with Crippen LogP contribution in [0.25, 0.3) is 10.8 Å². The number of aliphatic hydroxyl groups is 1. The van der Waals surface area contributed by atoms with Gasteiger partial charge in [0.25, 0.3) is 11.5 Å². The lowest BCUT2D eigenvalue weighted by molar-refractivity contribution is 0.100. The number of amides is 1. The SMILES string of the molecule is C[C@H](CO)n1ccc2c(C(N)=O)c(Cl)ccc2c1=O. The monoisotopic (exact) mass is 280 g/mol. The first-order chi connectivity index (χ1) is 8.97.